The van der Waals surface area contributed by atoms with Gasteiger partial charge in [0.1, 0.15) is 6.10 Å². The molecule has 0 saturated carbocycles. The summed E-state index contributed by atoms with van der Waals surface area (Å²) in [6, 6.07) is 0. The zero-order valence-electron chi connectivity index (χ0n) is 4.59. The average molecular weight is 134 g/mol. The lowest BCUT2D eigenvalue weighted by Gasteiger charge is -2.01. The van der Waals surface area contributed by atoms with E-state index in [1.165, 1.54) is 5.37 Å². The van der Waals surface area contributed by atoms with Crippen molar-refractivity contribution in [1.82, 2.24) is 5.48 Å². The lowest BCUT2D eigenvalue weighted by Crippen LogP contribution is -2.16. The Hall–Kier alpha value is -0.190. The van der Waals surface area contributed by atoms with Gasteiger partial charge in [0.05, 0.1) is 11.3 Å². The van der Waals surface area contributed by atoms with E-state index in [9.17, 15) is 4.21 Å². The van der Waals surface area contributed by atoms with Crippen LogP contribution in [0.3, 0.4) is 0 Å². The Morgan fingerprint density at radius 1 is 2.00 bits per heavy atom. The van der Waals surface area contributed by atoms with Crippen molar-refractivity contribution in [2.24, 2.45) is 0 Å². The Morgan fingerprint density at radius 2 is 2.62 bits per heavy atom. The SMILES string of the molecule is [CH2]NOC(C)C=S=O. The van der Waals surface area contributed by atoms with Gasteiger partial charge >= 0.3 is 0 Å². The summed E-state index contributed by atoms with van der Waals surface area (Å²) in [4.78, 5) is 4.64. The Labute approximate surface area is 52.1 Å². The van der Waals surface area contributed by atoms with Crippen molar-refractivity contribution in [2.45, 2.75) is 13.0 Å². The van der Waals surface area contributed by atoms with Crippen molar-refractivity contribution in [3.63, 3.8) is 0 Å². The molecule has 3 nitrogen and oxygen atoms in total. The Kier molecular flexibility index (Phi) is 4.84. The van der Waals surface area contributed by atoms with Gasteiger partial charge in [-0.05, 0) is 6.92 Å². The maximum absolute atomic E-state index is 9.75. The summed E-state index contributed by atoms with van der Waals surface area (Å²) in [5.41, 5.74) is 2.22. The summed E-state index contributed by atoms with van der Waals surface area (Å²) in [7, 11) is 3.20. The molecule has 1 unspecified atom stereocenters. The molecule has 0 fully saturated rings. The molecule has 4 heteroatoms. The predicted octanol–water partition coefficient (Wildman–Crippen LogP) is -0.297. The molecule has 0 aromatic rings. The molecule has 0 aliphatic heterocycles. The third-order valence-corrected chi connectivity index (χ3v) is 1.01. The fraction of sp³-hybridized carbons (Fsp3) is 0.500. The summed E-state index contributed by atoms with van der Waals surface area (Å²) >= 11 is 0.382. The third-order valence-electron chi connectivity index (χ3n) is 0.516. The summed E-state index contributed by atoms with van der Waals surface area (Å²) < 4.78 is 9.75. The van der Waals surface area contributed by atoms with Crippen molar-refractivity contribution >= 4 is 16.6 Å². The second kappa shape index (κ2) is 4.96. The number of hydrogen-bond acceptors (Lipinski definition) is 3. The van der Waals surface area contributed by atoms with Crippen LogP contribution in [0, 0.1) is 7.05 Å². The normalized spacial score (nSPS) is 12.8. The molecule has 1 N–H and O–H groups in total. The van der Waals surface area contributed by atoms with Gasteiger partial charge < -0.3 is 0 Å². The van der Waals surface area contributed by atoms with E-state index >= 15 is 0 Å². The molecule has 0 aromatic heterocycles. The van der Waals surface area contributed by atoms with Crippen LogP contribution >= 0.6 is 0 Å². The predicted molar refractivity (Wildman–Crippen MR) is 33.2 cm³/mol. The van der Waals surface area contributed by atoms with Crippen molar-refractivity contribution < 1.29 is 9.05 Å². The van der Waals surface area contributed by atoms with Crippen LogP contribution in [0.1, 0.15) is 6.92 Å². The van der Waals surface area contributed by atoms with E-state index in [0.29, 0.717) is 11.3 Å². The first kappa shape index (κ1) is 7.81. The van der Waals surface area contributed by atoms with Gasteiger partial charge in [0.25, 0.3) is 0 Å². The van der Waals surface area contributed by atoms with Gasteiger partial charge in [-0.3, -0.25) is 4.84 Å². The van der Waals surface area contributed by atoms with Gasteiger partial charge in [0.15, 0.2) is 0 Å². The fourth-order valence-corrected chi connectivity index (χ4v) is 0.449. The topological polar surface area (TPSA) is 38.3 Å². The van der Waals surface area contributed by atoms with Gasteiger partial charge in [0.2, 0.25) is 0 Å². The molecule has 8 heavy (non-hydrogen) atoms. The monoisotopic (exact) mass is 134 g/mol. The summed E-state index contributed by atoms with van der Waals surface area (Å²) in [5, 5.41) is 1.41. The third kappa shape index (κ3) is 3.98. The highest BCUT2D eigenvalue weighted by atomic mass is 32.1. The van der Waals surface area contributed by atoms with Crippen LogP contribution in [-0.4, -0.2) is 15.7 Å². The van der Waals surface area contributed by atoms with E-state index in [1.54, 1.807) is 6.92 Å². The van der Waals surface area contributed by atoms with Crippen molar-refractivity contribution in [3.05, 3.63) is 7.05 Å². The second-order valence-corrected chi connectivity index (χ2v) is 1.66. The molecule has 0 aliphatic rings. The lowest BCUT2D eigenvalue weighted by atomic mass is 10.5. The minimum Gasteiger partial charge on any atom is -0.294 e. The molecule has 0 saturated heterocycles. The Balaban J connectivity index is 3.31. The molecule has 47 valence electrons. The lowest BCUT2D eigenvalue weighted by molar-refractivity contribution is 0.0501. The Bertz CT molecular complexity index is 100. The maximum Gasteiger partial charge on any atom is 0.107 e. The molecular formula is C4H8NO2S. The highest BCUT2D eigenvalue weighted by molar-refractivity contribution is 7.64. The molecular weight excluding hydrogens is 126 g/mol. The smallest absolute Gasteiger partial charge is 0.107 e. The van der Waals surface area contributed by atoms with Gasteiger partial charge in [-0.25, -0.2) is 9.69 Å². The molecule has 0 heterocycles. The van der Waals surface area contributed by atoms with Crippen LogP contribution in [0.2, 0.25) is 0 Å². The van der Waals surface area contributed by atoms with Crippen LogP contribution in [0.5, 0.6) is 0 Å². The van der Waals surface area contributed by atoms with E-state index in [4.69, 9.17) is 0 Å². The first-order chi connectivity index (χ1) is 3.81. The molecule has 0 bridgehead atoms. The minimum atomic E-state index is -0.185. The quantitative estimate of drug-likeness (QED) is 0.425. The number of hydrogen-bond donors (Lipinski definition) is 1. The first-order valence-electron chi connectivity index (χ1n) is 2.11. The van der Waals surface area contributed by atoms with Crippen molar-refractivity contribution in [2.75, 3.05) is 0 Å². The average Bonchev–Trinajstić information content (AvgIpc) is 1.68. The number of rotatable bonds is 3. The van der Waals surface area contributed by atoms with Crippen molar-refractivity contribution in [1.29, 1.82) is 0 Å². The number of nitrogens with one attached hydrogen (secondary N) is 1. The molecule has 0 rings (SSSR count). The minimum absolute atomic E-state index is 0.185. The van der Waals surface area contributed by atoms with Crippen LogP contribution < -0.4 is 5.48 Å². The standard InChI is InChI=1S/C4H8NO2S/c1-4(3-8-6)7-5-2/h3-5H,2H2,1H3. The van der Waals surface area contributed by atoms with Gasteiger partial charge in [-0.2, -0.15) is 0 Å². The van der Waals surface area contributed by atoms with Crippen LogP contribution in [0.4, 0.5) is 0 Å². The molecule has 0 spiro atoms. The zero-order valence-corrected chi connectivity index (χ0v) is 5.40. The maximum atomic E-state index is 9.75. The van der Waals surface area contributed by atoms with E-state index in [1.807, 2.05) is 0 Å². The van der Waals surface area contributed by atoms with Crippen LogP contribution in [0.25, 0.3) is 0 Å². The van der Waals surface area contributed by atoms with Gasteiger partial charge in [-0.1, -0.05) is 0 Å². The fourth-order valence-electron chi connectivity index (χ4n) is 0.237. The molecule has 0 aliphatic carbocycles. The van der Waals surface area contributed by atoms with E-state index in [-0.39, 0.29) is 6.10 Å². The summed E-state index contributed by atoms with van der Waals surface area (Å²) in [6.45, 7) is 1.74. The highest BCUT2D eigenvalue weighted by Gasteiger charge is 1.91. The molecule has 1 radical (unpaired) electrons. The van der Waals surface area contributed by atoms with Crippen molar-refractivity contribution in [3.8, 4) is 0 Å². The number of hydroxylamine groups is 1. The highest BCUT2D eigenvalue weighted by Crippen LogP contribution is 1.77. The first-order valence-corrected chi connectivity index (χ1v) is 2.91. The van der Waals surface area contributed by atoms with E-state index in [0.717, 1.165) is 0 Å². The van der Waals surface area contributed by atoms with E-state index in [2.05, 4.69) is 17.4 Å². The van der Waals surface area contributed by atoms with E-state index < -0.39 is 0 Å². The van der Waals surface area contributed by atoms with Crippen LogP contribution in [-0.2, 0) is 16.1 Å². The molecule has 0 amide bonds. The summed E-state index contributed by atoms with van der Waals surface area (Å²) in [5.74, 6) is 0. The Morgan fingerprint density at radius 3 is 3.00 bits per heavy atom. The second-order valence-electron chi connectivity index (χ2n) is 1.20. The summed E-state index contributed by atoms with van der Waals surface area (Å²) in [6.07, 6.45) is -0.185. The zero-order chi connectivity index (χ0) is 6.41. The largest absolute Gasteiger partial charge is 0.294 e. The van der Waals surface area contributed by atoms with Gasteiger partial charge in [-0.15, -0.1) is 0 Å². The molecule has 1 atom stereocenters. The molecule has 0 aromatic carbocycles. The van der Waals surface area contributed by atoms with Crippen LogP contribution in [0.15, 0.2) is 0 Å². The van der Waals surface area contributed by atoms with Gasteiger partial charge in [0, 0.05) is 12.4 Å².